The van der Waals surface area contributed by atoms with Gasteiger partial charge in [-0.05, 0) is 64.0 Å². The number of ether oxygens (including phenoxy) is 1. The van der Waals surface area contributed by atoms with Crippen LogP contribution in [0, 0.1) is 6.92 Å². The van der Waals surface area contributed by atoms with Gasteiger partial charge in [-0.2, -0.15) is 0 Å². The molecule has 0 amide bonds. The normalized spacial score (nSPS) is 20.4. The molecule has 2 nitrogen and oxygen atoms in total. The molecule has 2 heteroatoms. The number of hydrogen-bond acceptors (Lipinski definition) is 2. The molecule has 2 rings (SSSR count). The fourth-order valence-corrected chi connectivity index (χ4v) is 3.06. The monoisotopic (exact) mass is 289 g/mol. The second-order valence-electron chi connectivity index (χ2n) is 6.41. The molecule has 0 bridgehead atoms. The molecular formula is C19H31NO. The molecule has 0 radical (unpaired) electrons. The van der Waals surface area contributed by atoms with Crippen molar-refractivity contribution in [3.8, 4) is 0 Å². The van der Waals surface area contributed by atoms with Crippen LogP contribution in [0.2, 0.25) is 0 Å². The van der Waals surface area contributed by atoms with Crippen molar-refractivity contribution in [1.29, 1.82) is 0 Å². The van der Waals surface area contributed by atoms with Crippen molar-refractivity contribution in [2.24, 2.45) is 0 Å². The van der Waals surface area contributed by atoms with Gasteiger partial charge in [0.25, 0.3) is 0 Å². The van der Waals surface area contributed by atoms with Crippen LogP contribution in [0.4, 0.5) is 0 Å². The first-order valence-electron chi connectivity index (χ1n) is 8.68. The third-order valence-electron chi connectivity index (χ3n) is 4.40. The van der Waals surface area contributed by atoms with E-state index in [1.165, 1.54) is 49.7 Å². The first kappa shape index (κ1) is 16.5. The Morgan fingerprint density at radius 2 is 2.05 bits per heavy atom. The van der Waals surface area contributed by atoms with Crippen molar-refractivity contribution in [1.82, 2.24) is 5.32 Å². The molecule has 0 aromatic heterocycles. The lowest BCUT2D eigenvalue weighted by Crippen LogP contribution is -2.33. The number of nitrogens with one attached hydrogen (secondary N) is 1. The number of aryl methyl sites for hydroxylation is 1. The molecule has 0 spiro atoms. The zero-order chi connectivity index (χ0) is 14.9. The number of rotatable bonds is 8. The van der Waals surface area contributed by atoms with Gasteiger partial charge < -0.3 is 10.1 Å². The van der Waals surface area contributed by atoms with E-state index >= 15 is 0 Å². The van der Waals surface area contributed by atoms with E-state index in [4.69, 9.17) is 4.74 Å². The molecule has 1 aromatic rings. The van der Waals surface area contributed by atoms with Crippen molar-refractivity contribution in [3.63, 3.8) is 0 Å². The highest BCUT2D eigenvalue weighted by Crippen LogP contribution is 2.19. The van der Waals surface area contributed by atoms with Crippen LogP contribution in [0.25, 0.3) is 0 Å². The van der Waals surface area contributed by atoms with Crippen LogP contribution in [-0.2, 0) is 11.2 Å². The van der Waals surface area contributed by atoms with E-state index in [0.717, 1.165) is 19.6 Å². The Hall–Kier alpha value is -0.860. The minimum absolute atomic E-state index is 0.502. The molecule has 1 saturated heterocycles. The summed E-state index contributed by atoms with van der Waals surface area (Å²) >= 11 is 0. The largest absolute Gasteiger partial charge is 0.378 e. The van der Waals surface area contributed by atoms with Crippen molar-refractivity contribution in [3.05, 3.63) is 35.4 Å². The third-order valence-corrected chi connectivity index (χ3v) is 4.40. The molecular weight excluding hydrogens is 258 g/mol. The van der Waals surface area contributed by atoms with Crippen LogP contribution in [0.5, 0.6) is 0 Å². The molecule has 1 aliphatic heterocycles. The maximum absolute atomic E-state index is 5.87. The predicted molar refractivity (Wildman–Crippen MR) is 89.8 cm³/mol. The topological polar surface area (TPSA) is 21.3 Å². The van der Waals surface area contributed by atoms with E-state index in [0.29, 0.717) is 12.1 Å². The van der Waals surface area contributed by atoms with Gasteiger partial charge in [-0.3, -0.25) is 0 Å². The highest BCUT2D eigenvalue weighted by molar-refractivity contribution is 5.22. The first-order chi connectivity index (χ1) is 10.3. The summed E-state index contributed by atoms with van der Waals surface area (Å²) in [6, 6.07) is 9.56. The van der Waals surface area contributed by atoms with E-state index in [2.05, 4.69) is 43.4 Å². The van der Waals surface area contributed by atoms with E-state index < -0.39 is 0 Å². The third kappa shape index (κ3) is 6.19. The van der Waals surface area contributed by atoms with E-state index in [9.17, 15) is 0 Å². The molecule has 1 fully saturated rings. The first-order valence-corrected chi connectivity index (χ1v) is 8.68. The second kappa shape index (κ2) is 9.22. The summed E-state index contributed by atoms with van der Waals surface area (Å²) in [7, 11) is 0. The molecule has 1 aromatic carbocycles. The highest BCUT2D eigenvalue weighted by atomic mass is 16.5. The molecule has 0 aliphatic carbocycles. The van der Waals surface area contributed by atoms with Crippen LogP contribution in [0.3, 0.4) is 0 Å². The summed E-state index contributed by atoms with van der Waals surface area (Å²) in [4.78, 5) is 0. The smallest absolute Gasteiger partial charge is 0.0575 e. The van der Waals surface area contributed by atoms with Crippen LogP contribution >= 0.6 is 0 Å². The molecule has 21 heavy (non-hydrogen) atoms. The Balaban J connectivity index is 1.82. The summed E-state index contributed by atoms with van der Waals surface area (Å²) in [5.74, 6) is 0. The van der Waals surface area contributed by atoms with Crippen molar-refractivity contribution >= 4 is 0 Å². The molecule has 118 valence electrons. The van der Waals surface area contributed by atoms with Gasteiger partial charge in [-0.15, -0.1) is 0 Å². The zero-order valence-corrected chi connectivity index (χ0v) is 13.7. The van der Waals surface area contributed by atoms with E-state index in [1.807, 2.05) is 0 Å². The summed E-state index contributed by atoms with van der Waals surface area (Å²) in [5, 5.41) is 3.72. The molecule has 2 atom stereocenters. The van der Waals surface area contributed by atoms with Gasteiger partial charge in [0, 0.05) is 12.6 Å². The Kier molecular flexibility index (Phi) is 7.25. The highest BCUT2D eigenvalue weighted by Gasteiger charge is 2.16. The summed E-state index contributed by atoms with van der Waals surface area (Å²) < 4.78 is 5.87. The van der Waals surface area contributed by atoms with Crippen molar-refractivity contribution in [2.45, 2.75) is 70.9 Å². The van der Waals surface area contributed by atoms with E-state index in [-0.39, 0.29) is 0 Å². The minimum Gasteiger partial charge on any atom is -0.378 e. The molecule has 1 N–H and O–H groups in total. The van der Waals surface area contributed by atoms with Gasteiger partial charge in [0.2, 0.25) is 0 Å². The summed E-state index contributed by atoms with van der Waals surface area (Å²) in [6.07, 6.45) is 9.10. The van der Waals surface area contributed by atoms with Crippen LogP contribution < -0.4 is 5.32 Å². The fraction of sp³-hybridized carbons (Fsp3) is 0.684. The van der Waals surface area contributed by atoms with Gasteiger partial charge in [-0.25, -0.2) is 0 Å². The Bertz CT molecular complexity index is 381. The van der Waals surface area contributed by atoms with Crippen molar-refractivity contribution < 1.29 is 4.74 Å². The molecule has 0 saturated carbocycles. The SMILES string of the molecule is CCCNC(CCC1CCCCO1)Cc1ccc(C)cc1. The Morgan fingerprint density at radius 1 is 1.24 bits per heavy atom. The molecule has 2 unspecified atom stereocenters. The summed E-state index contributed by atoms with van der Waals surface area (Å²) in [5.41, 5.74) is 2.78. The quantitative estimate of drug-likeness (QED) is 0.772. The van der Waals surface area contributed by atoms with Crippen LogP contribution in [0.1, 0.15) is 56.6 Å². The van der Waals surface area contributed by atoms with Gasteiger partial charge in [0.1, 0.15) is 0 Å². The van der Waals surface area contributed by atoms with Crippen LogP contribution in [-0.4, -0.2) is 25.3 Å². The average Bonchev–Trinajstić information content (AvgIpc) is 2.53. The van der Waals surface area contributed by atoms with Crippen molar-refractivity contribution in [2.75, 3.05) is 13.2 Å². The van der Waals surface area contributed by atoms with Gasteiger partial charge in [0.15, 0.2) is 0 Å². The predicted octanol–water partition coefficient (Wildman–Crippen LogP) is 4.26. The maximum atomic E-state index is 5.87. The lowest BCUT2D eigenvalue weighted by molar-refractivity contribution is 0.00858. The second-order valence-corrected chi connectivity index (χ2v) is 6.41. The molecule has 1 heterocycles. The zero-order valence-electron chi connectivity index (χ0n) is 13.7. The number of benzene rings is 1. The minimum atomic E-state index is 0.502. The van der Waals surface area contributed by atoms with Gasteiger partial charge >= 0.3 is 0 Å². The maximum Gasteiger partial charge on any atom is 0.0575 e. The van der Waals surface area contributed by atoms with Crippen LogP contribution in [0.15, 0.2) is 24.3 Å². The number of hydrogen-bond donors (Lipinski definition) is 1. The van der Waals surface area contributed by atoms with E-state index in [1.54, 1.807) is 0 Å². The average molecular weight is 289 g/mol. The Labute approximate surface area is 130 Å². The lowest BCUT2D eigenvalue weighted by Gasteiger charge is -2.25. The standard InChI is InChI=1S/C19H31NO/c1-3-13-20-18(11-12-19-6-4-5-14-21-19)15-17-9-7-16(2)8-10-17/h7-10,18-20H,3-6,11-15H2,1-2H3. The van der Waals surface area contributed by atoms with Gasteiger partial charge in [0.05, 0.1) is 6.10 Å². The van der Waals surface area contributed by atoms with Gasteiger partial charge in [-0.1, -0.05) is 36.8 Å². The summed E-state index contributed by atoms with van der Waals surface area (Å²) in [6.45, 7) is 6.47. The lowest BCUT2D eigenvalue weighted by atomic mass is 9.97. The Morgan fingerprint density at radius 3 is 2.71 bits per heavy atom. The fourth-order valence-electron chi connectivity index (χ4n) is 3.06. The molecule has 1 aliphatic rings.